The van der Waals surface area contributed by atoms with Crippen LogP contribution in [0.5, 0.6) is 0 Å². The number of nitrogens with two attached hydrogens (primary N) is 1. The molecule has 0 atom stereocenters. The number of hydrogen-bond acceptors (Lipinski definition) is 2. The topological polar surface area (TPSA) is 38.4 Å². The third kappa shape index (κ3) is 2.79. The maximum absolute atomic E-state index is 13.1. The molecule has 2 nitrogen and oxygen atoms in total. The summed E-state index contributed by atoms with van der Waals surface area (Å²) in [5, 5.41) is 3.27. The van der Waals surface area contributed by atoms with Crippen molar-refractivity contribution < 1.29 is 17.6 Å². The maximum atomic E-state index is 13.1. The minimum Gasteiger partial charge on any atom is -0.323 e. The van der Waals surface area contributed by atoms with Crippen LogP contribution in [0.4, 0.5) is 17.6 Å². The van der Waals surface area contributed by atoms with Gasteiger partial charge in [-0.15, -0.1) is 0 Å². The highest BCUT2D eigenvalue weighted by molar-refractivity contribution is 5.91. The summed E-state index contributed by atoms with van der Waals surface area (Å²) in [5.41, 5.74) is -0.432. The highest BCUT2D eigenvalue weighted by Crippen LogP contribution is 2.38. The van der Waals surface area contributed by atoms with Crippen molar-refractivity contribution in [3.63, 3.8) is 0 Å². The lowest BCUT2D eigenvalue weighted by Crippen LogP contribution is -2.09. The van der Waals surface area contributed by atoms with Crippen molar-refractivity contribution in [2.45, 2.75) is 6.18 Å². The van der Waals surface area contributed by atoms with E-state index in [9.17, 15) is 17.6 Å². The van der Waals surface area contributed by atoms with Crippen molar-refractivity contribution in [2.75, 3.05) is 0 Å². The van der Waals surface area contributed by atoms with E-state index in [0.29, 0.717) is 0 Å². The molecule has 6 heteroatoms. The lowest BCUT2D eigenvalue weighted by atomic mass is 9.94. The van der Waals surface area contributed by atoms with Crippen LogP contribution in [0, 0.1) is 5.82 Å². The minimum absolute atomic E-state index is 0.0748. The van der Waals surface area contributed by atoms with Crippen LogP contribution in [-0.4, -0.2) is 6.21 Å². The van der Waals surface area contributed by atoms with Gasteiger partial charge in [-0.1, -0.05) is 24.3 Å². The number of nitrogens with zero attached hydrogens (tertiary/aromatic N) is 1. The standard InChI is InChI=1S/C14H10F4N2/c15-11-6-4-9(5-7-11)13-10(8-20-19)2-1-3-12(13)14(16,17)18/h1-8H,19H2. The summed E-state index contributed by atoms with van der Waals surface area (Å²) < 4.78 is 52.2. The first kappa shape index (κ1) is 14.0. The summed E-state index contributed by atoms with van der Waals surface area (Å²) in [7, 11) is 0. The Morgan fingerprint density at radius 2 is 1.65 bits per heavy atom. The fourth-order valence-corrected chi connectivity index (χ4v) is 1.93. The zero-order valence-electron chi connectivity index (χ0n) is 10.2. The van der Waals surface area contributed by atoms with Crippen molar-refractivity contribution in [2.24, 2.45) is 10.9 Å². The van der Waals surface area contributed by atoms with Crippen LogP contribution in [0.1, 0.15) is 11.1 Å². The molecule has 0 heterocycles. The first-order valence-electron chi connectivity index (χ1n) is 5.63. The van der Waals surface area contributed by atoms with Gasteiger partial charge in [0.25, 0.3) is 0 Å². The zero-order chi connectivity index (χ0) is 14.8. The quantitative estimate of drug-likeness (QED) is 0.387. The van der Waals surface area contributed by atoms with Crippen LogP contribution in [0.2, 0.25) is 0 Å². The molecule has 0 aliphatic carbocycles. The van der Waals surface area contributed by atoms with Crippen molar-refractivity contribution >= 4 is 6.21 Å². The molecule has 0 aliphatic rings. The van der Waals surface area contributed by atoms with Gasteiger partial charge in [0.2, 0.25) is 0 Å². The molecule has 0 saturated carbocycles. The molecular weight excluding hydrogens is 272 g/mol. The number of hydrogen-bond donors (Lipinski definition) is 1. The van der Waals surface area contributed by atoms with Crippen LogP contribution < -0.4 is 5.84 Å². The van der Waals surface area contributed by atoms with Crippen molar-refractivity contribution in [3.05, 3.63) is 59.4 Å². The van der Waals surface area contributed by atoms with E-state index in [0.717, 1.165) is 24.4 Å². The Hall–Kier alpha value is -2.37. The van der Waals surface area contributed by atoms with Gasteiger partial charge in [0.05, 0.1) is 11.8 Å². The highest BCUT2D eigenvalue weighted by Gasteiger charge is 2.34. The van der Waals surface area contributed by atoms with Gasteiger partial charge in [0.1, 0.15) is 5.82 Å². The molecule has 0 radical (unpaired) electrons. The third-order valence-corrected chi connectivity index (χ3v) is 2.75. The summed E-state index contributed by atoms with van der Waals surface area (Å²) in [6, 6.07) is 8.48. The number of hydrazone groups is 1. The monoisotopic (exact) mass is 282 g/mol. The van der Waals surface area contributed by atoms with E-state index in [1.165, 1.54) is 24.3 Å². The second kappa shape index (κ2) is 5.32. The maximum Gasteiger partial charge on any atom is 0.417 e. The Morgan fingerprint density at radius 1 is 1.00 bits per heavy atom. The molecular formula is C14H10F4N2. The molecule has 0 bridgehead atoms. The van der Waals surface area contributed by atoms with Crippen molar-refractivity contribution in [1.29, 1.82) is 0 Å². The number of halogens is 4. The number of rotatable bonds is 2. The Morgan fingerprint density at radius 3 is 2.20 bits per heavy atom. The minimum atomic E-state index is -4.53. The van der Waals surface area contributed by atoms with Gasteiger partial charge in [0, 0.05) is 11.1 Å². The summed E-state index contributed by atoms with van der Waals surface area (Å²) in [5.74, 6) is 4.50. The Kier molecular flexibility index (Phi) is 3.74. The Balaban J connectivity index is 2.73. The van der Waals surface area contributed by atoms with Crippen LogP contribution >= 0.6 is 0 Å². The van der Waals surface area contributed by atoms with Gasteiger partial charge >= 0.3 is 6.18 Å². The molecule has 0 fully saturated rings. The highest BCUT2D eigenvalue weighted by atomic mass is 19.4. The lowest BCUT2D eigenvalue weighted by Gasteiger charge is -2.15. The molecule has 0 saturated heterocycles. The van der Waals surface area contributed by atoms with Gasteiger partial charge in [-0.3, -0.25) is 0 Å². The van der Waals surface area contributed by atoms with E-state index in [4.69, 9.17) is 5.84 Å². The largest absolute Gasteiger partial charge is 0.417 e. The molecule has 0 unspecified atom stereocenters. The average molecular weight is 282 g/mol. The fraction of sp³-hybridized carbons (Fsp3) is 0.0714. The van der Waals surface area contributed by atoms with Gasteiger partial charge in [-0.25, -0.2) is 4.39 Å². The van der Waals surface area contributed by atoms with Gasteiger partial charge in [-0.05, 0) is 23.8 Å². The second-order valence-corrected chi connectivity index (χ2v) is 4.05. The van der Waals surface area contributed by atoms with Crippen LogP contribution in [0.15, 0.2) is 47.6 Å². The lowest BCUT2D eigenvalue weighted by molar-refractivity contribution is -0.137. The number of alkyl halides is 3. The molecule has 0 aromatic heterocycles. The zero-order valence-corrected chi connectivity index (χ0v) is 10.2. The smallest absolute Gasteiger partial charge is 0.323 e. The van der Waals surface area contributed by atoms with Crippen LogP contribution in [-0.2, 0) is 6.18 Å². The molecule has 0 spiro atoms. The summed E-state index contributed by atoms with van der Waals surface area (Å²) in [6.07, 6.45) is -3.39. The SMILES string of the molecule is NN=Cc1cccc(C(F)(F)F)c1-c1ccc(F)cc1. The molecule has 2 rings (SSSR count). The molecule has 2 N–H and O–H groups in total. The van der Waals surface area contributed by atoms with E-state index in [-0.39, 0.29) is 16.7 Å². The van der Waals surface area contributed by atoms with E-state index in [2.05, 4.69) is 5.10 Å². The molecule has 104 valence electrons. The molecule has 0 amide bonds. The van der Waals surface area contributed by atoms with Crippen LogP contribution in [0.3, 0.4) is 0 Å². The van der Waals surface area contributed by atoms with E-state index in [1.807, 2.05) is 0 Å². The summed E-state index contributed by atoms with van der Waals surface area (Å²) in [4.78, 5) is 0. The Labute approximate surface area is 112 Å². The van der Waals surface area contributed by atoms with Crippen molar-refractivity contribution in [1.82, 2.24) is 0 Å². The molecule has 0 aliphatic heterocycles. The predicted molar refractivity (Wildman–Crippen MR) is 68.6 cm³/mol. The van der Waals surface area contributed by atoms with E-state index < -0.39 is 17.6 Å². The number of benzene rings is 2. The summed E-state index contributed by atoms with van der Waals surface area (Å²) in [6.45, 7) is 0. The molecule has 2 aromatic carbocycles. The van der Waals surface area contributed by atoms with Crippen molar-refractivity contribution in [3.8, 4) is 11.1 Å². The fourth-order valence-electron chi connectivity index (χ4n) is 1.93. The van der Waals surface area contributed by atoms with Gasteiger partial charge in [0.15, 0.2) is 0 Å². The van der Waals surface area contributed by atoms with Crippen LogP contribution in [0.25, 0.3) is 11.1 Å². The second-order valence-electron chi connectivity index (χ2n) is 4.05. The Bertz CT molecular complexity index is 631. The normalized spacial score (nSPS) is 12.0. The molecule has 20 heavy (non-hydrogen) atoms. The van der Waals surface area contributed by atoms with E-state index >= 15 is 0 Å². The average Bonchev–Trinajstić information content (AvgIpc) is 2.39. The predicted octanol–water partition coefficient (Wildman–Crippen LogP) is 3.80. The van der Waals surface area contributed by atoms with E-state index in [1.54, 1.807) is 0 Å². The first-order chi connectivity index (χ1) is 9.43. The van der Waals surface area contributed by atoms with Gasteiger partial charge in [-0.2, -0.15) is 18.3 Å². The van der Waals surface area contributed by atoms with Gasteiger partial charge < -0.3 is 5.84 Å². The first-order valence-corrected chi connectivity index (χ1v) is 5.63. The molecule has 2 aromatic rings. The summed E-state index contributed by atoms with van der Waals surface area (Å²) >= 11 is 0. The third-order valence-electron chi connectivity index (χ3n) is 2.75.